The summed E-state index contributed by atoms with van der Waals surface area (Å²) in [5.41, 5.74) is 4.90. The molecular weight excluding hydrogens is 383 g/mol. The fourth-order valence-corrected chi connectivity index (χ4v) is 3.94. The van der Waals surface area contributed by atoms with E-state index in [0.29, 0.717) is 6.42 Å². The Morgan fingerprint density at radius 2 is 2.00 bits per heavy atom. The van der Waals surface area contributed by atoms with Crippen molar-refractivity contribution in [2.45, 2.75) is 58.2 Å². The number of hydrogen-bond acceptors (Lipinski definition) is 4. The molecule has 2 atom stereocenters. The number of hydrogen-bond donors (Lipinski definition) is 1. The number of esters is 1. The van der Waals surface area contributed by atoms with Gasteiger partial charge in [0, 0.05) is 12.0 Å². The van der Waals surface area contributed by atoms with Crippen LogP contribution >= 0.6 is 0 Å². The van der Waals surface area contributed by atoms with E-state index in [2.05, 4.69) is 26.8 Å². The molecule has 0 aromatic heterocycles. The molecule has 0 radical (unpaired) electrons. The largest absolute Gasteiger partial charge is 0.496 e. The summed E-state index contributed by atoms with van der Waals surface area (Å²) in [4.78, 5) is 11.7. The molecule has 0 saturated carbocycles. The Bertz CT molecular complexity index is 931. The molecule has 1 aliphatic heterocycles. The van der Waals surface area contributed by atoms with Gasteiger partial charge in [0.2, 0.25) is 0 Å². The van der Waals surface area contributed by atoms with Gasteiger partial charge >= 0.3 is 5.97 Å². The second-order valence-electron chi connectivity index (χ2n) is 7.94. The summed E-state index contributed by atoms with van der Waals surface area (Å²) in [6, 6.07) is 8.53. The number of carbonyl (C=O) groups excluding carboxylic acids is 1. The molecule has 0 aliphatic carbocycles. The van der Waals surface area contributed by atoms with Crippen LogP contribution in [0.25, 0.3) is 17.2 Å². The zero-order valence-corrected chi connectivity index (χ0v) is 17.9. The Labute approximate surface area is 177 Å². The van der Waals surface area contributed by atoms with Crippen molar-refractivity contribution in [1.29, 1.82) is 0 Å². The van der Waals surface area contributed by atoms with Gasteiger partial charge in [-0.2, -0.15) is 0 Å². The predicted molar refractivity (Wildman–Crippen MR) is 116 cm³/mol. The Morgan fingerprint density at radius 1 is 1.30 bits per heavy atom. The normalized spacial score (nSPS) is 19.4. The van der Waals surface area contributed by atoms with Gasteiger partial charge in [-0.1, -0.05) is 45.0 Å². The van der Waals surface area contributed by atoms with Crippen molar-refractivity contribution in [2.24, 2.45) is 0 Å². The van der Waals surface area contributed by atoms with E-state index < -0.39 is 18.2 Å². The van der Waals surface area contributed by atoms with E-state index in [1.165, 1.54) is 12.1 Å². The minimum Gasteiger partial charge on any atom is -0.496 e. The molecule has 0 amide bonds. The van der Waals surface area contributed by atoms with Crippen molar-refractivity contribution in [2.75, 3.05) is 7.11 Å². The van der Waals surface area contributed by atoms with Crippen LogP contribution in [0.15, 0.2) is 36.4 Å². The average molecular weight is 413 g/mol. The first kappa shape index (κ1) is 22.0. The van der Waals surface area contributed by atoms with Crippen LogP contribution in [0.4, 0.5) is 4.39 Å². The first-order valence-corrected chi connectivity index (χ1v) is 10.4. The van der Waals surface area contributed by atoms with Crippen molar-refractivity contribution < 1.29 is 23.8 Å². The zero-order chi connectivity index (χ0) is 21.8. The minimum absolute atomic E-state index is 0.0292. The van der Waals surface area contributed by atoms with Gasteiger partial charge in [-0.25, -0.2) is 4.39 Å². The van der Waals surface area contributed by atoms with Crippen LogP contribution in [0.1, 0.15) is 56.2 Å². The van der Waals surface area contributed by atoms with Gasteiger partial charge in [-0.15, -0.1) is 0 Å². The molecule has 1 saturated heterocycles. The molecule has 3 rings (SSSR count). The first-order valence-electron chi connectivity index (χ1n) is 10.4. The summed E-state index contributed by atoms with van der Waals surface area (Å²) in [6.07, 6.45) is 3.77. The third kappa shape index (κ3) is 4.73. The van der Waals surface area contributed by atoms with Gasteiger partial charge < -0.3 is 14.6 Å². The number of aliphatic hydroxyl groups is 1. The van der Waals surface area contributed by atoms with Crippen molar-refractivity contribution >= 4 is 12.0 Å². The zero-order valence-electron chi connectivity index (χ0n) is 17.9. The molecule has 1 heterocycles. The van der Waals surface area contributed by atoms with E-state index in [1.807, 2.05) is 12.2 Å². The molecule has 1 aliphatic rings. The number of rotatable bonds is 6. The van der Waals surface area contributed by atoms with Crippen LogP contribution in [0.2, 0.25) is 0 Å². The maximum atomic E-state index is 13.6. The number of aryl methyl sites for hydroxylation is 1. The number of halogens is 1. The van der Waals surface area contributed by atoms with Gasteiger partial charge in [-0.05, 0) is 52.8 Å². The topological polar surface area (TPSA) is 55.8 Å². The molecule has 160 valence electrons. The lowest BCUT2D eigenvalue weighted by atomic mass is 9.86. The Morgan fingerprint density at radius 3 is 2.57 bits per heavy atom. The van der Waals surface area contributed by atoms with Crippen LogP contribution in [-0.4, -0.2) is 30.4 Å². The average Bonchev–Trinajstić information content (AvgIpc) is 2.70. The smallest absolute Gasteiger partial charge is 0.309 e. The monoisotopic (exact) mass is 412 g/mol. The van der Waals surface area contributed by atoms with Crippen LogP contribution in [0, 0.1) is 5.82 Å². The highest BCUT2D eigenvalue weighted by Crippen LogP contribution is 2.42. The Hall–Kier alpha value is -2.66. The molecule has 2 aromatic rings. The van der Waals surface area contributed by atoms with E-state index in [0.717, 1.165) is 40.0 Å². The Kier molecular flexibility index (Phi) is 6.93. The third-order valence-corrected chi connectivity index (χ3v) is 5.44. The lowest BCUT2D eigenvalue weighted by Gasteiger charge is -2.25. The van der Waals surface area contributed by atoms with Gasteiger partial charge in [0.15, 0.2) is 0 Å². The van der Waals surface area contributed by atoms with Crippen LogP contribution in [-0.2, 0) is 16.0 Å². The molecule has 4 nitrogen and oxygen atoms in total. The number of methoxy groups -OCH3 is 1. The first-order chi connectivity index (χ1) is 14.3. The van der Waals surface area contributed by atoms with Crippen molar-refractivity contribution in [1.82, 2.24) is 0 Å². The van der Waals surface area contributed by atoms with E-state index in [-0.39, 0.29) is 18.2 Å². The molecule has 1 N–H and O–H groups in total. The number of carbonyl (C=O) groups is 1. The van der Waals surface area contributed by atoms with Crippen molar-refractivity contribution in [3.63, 3.8) is 0 Å². The molecular formula is C25H29FO4. The third-order valence-electron chi connectivity index (χ3n) is 5.44. The molecule has 30 heavy (non-hydrogen) atoms. The van der Waals surface area contributed by atoms with Gasteiger partial charge in [0.25, 0.3) is 0 Å². The van der Waals surface area contributed by atoms with Crippen LogP contribution < -0.4 is 4.74 Å². The quantitative estimate of drug-likeness (QED) is 0.657. The second-order valence-corrected chi connectivity index (χ2v) is 7.94. The van der Waals surface area contributed by atoms with Crippen molar-refractivity contribution in [3.05, 3.63) is 58.9 Å². The summed E-state index contributed by atoms with van der Waals surface area (Å²) in [7, 11) is 1.64. The summed E-state index contributed by atoms with van der Waals surface area (Å²) in [6.45, 7) is 6.32. The maximum absolute atomic E-state index is 13.6. The van der Waals surface area contributed by atoms with Crippen LogP contribution in [0.5, 0.6) is 5.75 Å². The standard InChI is InChI=1S/C25H29FO4/c1-5-16-12-22(15(2)3)21(11-10-20-13-19(27)14-23(28)30-20)24(25(16)29-4)17-6-8-18(26)9-7-17/h6-12,15,19-20,27H,5,13-14H2,1-4H3/b11-10+/t19-,20-/m1/s1. The molecule has 2 aromatic carbocycles. The molecule has 0 spiro atoms. The lowest BCUT2D eigenvalue weighted by Crippen LogP contribution is -2.31. The summed E-state index contributed by atoms with van der Waals surface area (Å²) < 4.78 is 24.8. The van der Waals surface area contributed by atoms with Gasteiger partial charge in [0.1, 0.15) is 17.7 Å². The maximum Gasteiger partial charge on any atom is 0.309 e. The molecule has 0 bridgehead atoms. The Balaban J connectivity index is 2.19. The molecule has 1 fully saturated rings. The van der Waals surface area contributed by atoms with E-state index in [4.69, 9.17) is 9.47 Å². The molecule has 0 unspecified atom stereocenters. The van der Waals surface area contributed by atoms with Crippen LogP contribution in [0.3, 0.4) is 0 Å². The number of aliphatic hydroxyl groups excluding tert-OH is 1. The van der Waals surface area contributed by atoms with E-state index in [1.54, 1.807) is 19.2 Å². The number of benzene rings is 2. The lowest BCUT2D eigenvalue weighted by molar-refractivity contribution is -0.156. The summed E-state index contributed by atoms with van der Waals surface area (Å²) >= 11 is 0. The highest BCUT2D eigenvalue weighted by molar-refractivity contribution is 5.84. The fraction of sp³-hybridized carbons (Fsp3) is 0.400. The number of ether oxygens (including phenoxy) is 2. The van der Waals surface area contributed by atoms with Gasteiger partial charge in [0.05, 0.1) is 19.6 Å². The number of cyclic esters (lactones) is 1. The van der Waals surface area contributed by atoms with Gasteiger partial charge in [-0.3, -0.25) is 4.79 Å². The predicted octanol–water partition coefficient (Wildman–Crippen LogP) is 5.27. The summed E-state index contributed by atoms with van der Waals surface area (Å²) in [5, 5.41) is 9.91. The van der Waals surface area contributed by atoms with Crippen molar-refractivity contribution in [3.8, 4) is 16.9 Å². The fourth-order valence-electron chi connectivity index (χ4n) is 3.94. The highest BCUT2D eigenvalue weighted by Gasteiger charge is 2.26. The minimum atomic E-state index is -0.695. The SMILES string of the molecule is CCc1cc(C(C)C)c(/C=C/[C@@H]2C[C@@H](O)CC(=O)O2)c(-c2ccc(F)cc2)c1OC. The van der Waals surface area contributed by atoms with E-state index >= 15 is 0 Å². The second kappa shape index (κ2) is 9.43. The summed E-state index contributed by atoms with van der Waals surface area (Å²) in [5.74, 6) is 0.298. The van der Waals surface area contributed by atoms with E-state index in [9.17, 15) is 14.3 Å². The molecule has 5 heteroatoms. The highest BCUT2D eigenvalue weighted by atomic mass is 19.1.